The summed E-state index contributed by atoms with van der Waals surface area (Å²) in [5.41, 5.74) is 1.90. The number of rotatable bonds is 6. The number of ether oxygens (including phenoxy) is 4. The van der Waals surface area contributed by atoms with Gasteiger partial charge in [-0.05, 0) is 36.2 Å². The van der Waals surface area contributed by atoms with Gasteiger partial charge in [0.25, 0.3) is 0 Å². The molecule has 0 saturated carbocycles. The summed E-state index contributed by atoms with van der Waals surface area (Å²) in [6.45, 7) is 1.72. The quantitative estimate of drug-likeness (QED) is 0.567. The molecule has 0 atom stereocenters. The minimum atomic E-state index is 0.520. The average molecular weight is 406 g/mol. The van der Waals surface area contributed by atoms with Crippen LogP contribution in [0.3, 0.4) is 0 Å². The second-order valence-corrected chi connectivity index (χ2v) is 6.45. The number of benzene rings is 2. The highest BCUT2D eigenvalue weighted by atomic mass is 35.5. The van der Waals surface area contributed by atoms with Gasteiger partial charge in [0.1, 0.15) is 13.2 Å². The van der Waals surface area contributed by atoms with Crippen molar-refractivity contribution in [1.29, 1.82) is 0 Å². The molecule has 0 amide bonds. The number of aliphatic imine (C=N–C) groups is 1. The molecule has 1 aliphatic heterocycles. The summed E-state index contributed by atoms with van der Waals surface area (Å²) in [6, 6.07) is 9.46. The van der Waals surface area contributed by atoms with E-state index >= 15 is 0 Å². The van der Waals surface area contributed by atoms with E-state index in [1.807, 2.05) is 30.3 Å². The summed E-state index contributed by atoms with van der Waals surface area (Å²) >= 11 is 6.29. The van der Waals surface area contributed by atoms with Crippen LogP contribution in [0.1, 0.15) is 5.56 Å². The molecule has 0 aromatic heterocycles. The van der Waals surface area contributed by atoms with Crippen LogP contribution >= 0.6 is 11.6 Å². The molecular formula is C20H24ClN3O4. The first-order valence-electron chi connectivity index (χ1n) is 8.92. The Labute approximate surface area is 169 Å². The summed E-state index contributed by atoms with van der Waals surface area (Å²) in [5.74, 6) is 3.29. The highest BCUT2D eigenvalue weighted by molar-refractivity contribution is 6.32. The third-order valence-electron chi connectivity index (χ3n) is 4.23. The molecular weight excluding hydrogens is 382 g/mol. The number of nitrogens with one attached hydrogen (secondary N) is 2. The van der Waals surface area contributed by atoms with E-state index in [1.165, 1.54) is 0 Å². The van der Waals surface area contributed by atoms with Crippen LogP contribution < -0.4 is 29.6 Å². The molecule has 1 aliphatic rings. The van der Waals surface area contributed by atoms with Crippen LogP contribution in [-0.4, -0.2) is 47.0 Å². The van der Waals surface area contributed by atoms with E-state index in [2.05, 4.69) is 15.6 Å². The lowest BCUT2D eigenvalue weighted by Crippen LogP contribution is -2.32. The van der Waals surface area contributed by atoms with Gasteiger partial charge in [-0.2, -0.15) is 0 Å². The number of anilines is 1. The molecule has 0 unspecified atom stereocenters. The van der Waals surface area contributed by atoms with E-state index in [4.69, 9.17) is 30.5 Å². The number of nitrogens with zero attached hydrogens (tertiary/aromatic N) is 1. The van der Waals surface area contributed by atoms with E-state index < -0.39 is 0 Å². The Bertz CT molecular complexity index is 858. The zero-order valence-corrected chi connectivity index (χ0v) is 16.9. The molecule has 0 aliphatic carbocycles. The van der Waals surface area contributed by atoms with Gasteiger partial charge in [0.05, 0.1) is 19.2 Å². The van der Waals surface area contributed by atoms with Gasteiger partial charge in [0, 0.05) is 25.3 Å². The molecule has 2 N–H and O–H groups in total. The summed E-state index contributed by atoms with van der Waals surface area (Å²) in [6.07, 6.45) is 0.753. The van der Waals surface area contributed by atoms with Crippen molar-refractivity contribution >= 4 is 23.2 Å². The monoisotopic (exact) mass is 405 g/mol. The number of methoxy groups -OCH3 is 2. The van der Waals surface area contributed by atoms with Crippen LogP contribution in [0.25, 0.3) is 0 Å². The van der Waals surface area contributed by atoms with E-state index in [-0.39, 0.29) is 0 Å². The molecule has 2 aromatic rings. The second-order valence-electron chi connectivity index (χ2n) is 6.05. The fourth-order valence-electron chi connectivity index (χ4n) is 2.86. The normalized spacial score (nSPS) is 13.1. The largest absolute Gasteiger partial charge is 0.493 e. The summed E-state index contributed by atoms with van der Waals surface area (Å²) < 4.78 is 21.8. The maximum Gasteiger partial charge on any atom is 0.195 e. The standard InChI is InChI=1S/C20H24ClN3O4/c1-22-20(24-14-4-5-16(25-2)17(12-14)26-3)23-7-6-13-10-15(21)19-18(11-13)27-8-9-28-19/h4-5,10-12H,6-9H2,1-3H3,(H2,22,23,24). The Kier molecular flexibility index (Phi) is 6.71. The minimum Gasteiger partial charge on any atom is -0.493 e. The van der Waals surface area contributed by atoms with Gasteiger partial charge in [-0.25, -0.2) is 0 Å². The molecule has 0 fully saturated rings. The van der Waals surface area contributed by atoms with Crippen molar-refractivity contribution in [3.63, 3.8) is 0 Å². The molecule has 150 valence electrons. The van der Waals surface area contributed by atoms with Gasteiger partial charge >= 0.3 is 0 Å². The number of halogens is 1. The maximum absolute atomic E-state index is 6.29. The minimum absolute atomic E-state index is 0.520. The zero-order valence-electron chi connectivity index (χ0n) is 16.2. The first-order chi connectivity index (χ1) is 13.6. The van der Waals surface area contributed by atoms with Crippen LogP contribution in [0.2, 0.25) is 5.02 Å². The first kappa shape index (κ1) is 19.9. The molecule has 3 rings (SSSR count). The van der Waals surface area contributed by atoms with Crippen molar-refractivity contribution in [2.45, 2.75) is 6.42 Å². The lowest BCUT2D eigenvalue weighted by Gasteiger charge is -2.20. The Morgan fingerprint density at radius 3 is 2.64 bits per heavy atom. The van der Waals surface area contributed by atoms with Gasteiger partial charge < -0.3 is 29.6 Å². The summed E-state index contributed by atoms with van der Waals surface area (Å²) in [4.78, 5) is 4.25. The molecule has 8 heteroatoms. The summed E-state index contributed by atoms with van der Waals surface area (Å²) in [5, 5.41) is 7.09. The summed E-state index contributed by atoms with van der Waals surface area (Å²) in [7, 11) is 4.93. The topological polar surface area (TPSA) is 73.3 Å². The van der Waals surface area contributed by atoms with Gasteiger partial charge in [0.15, 0.2) is 29.0 Å². The van der Waals surface area contributed by atoms with Crippen LogP contribution in [0.15, 0.2) is 35.3 Å². The first-order valence-corrected chi connectivity index (χ1v) is 9.30. The van der Waals surface area contributed by atoms with E-state index in [0.29, 0.717) is 53.7 Å². The maximum atomic E-state index is 6.29. The third kappa shape index (κ3) is 4.72. The van der Waals surface area contributed by atoms with Crippen molar-refractivity contribution in [1.82, 2.24) is 5.32 Å². The molecule has 2 aromatic carbocycles. The molecule has 0 bridgehead atoms. The Morgan fingerprint density at radius 2 is 1.89 bits per heavy atom. The van der Waals surface area contributed by atoms with Crippen molar-refractivity contribution < 1.29 is 18.9 Å². The van der Waals surface area contributed by atoms with Gasteiger partial charge in [-0.3, -0.25) is 4.99 Å². The Morgan fingerprint density at radius 1 is 1.11 bits per heavy atom. The fraction of sp³-hybridized carbons (Fsp3) is 0.350. The molecule has 28 heavy (non-hydrogen) atoms. The molecule has 7 nitrogen and oxygen atoms in total. The van der Waals surface area contributed by atoms with Crippen molar-refractivity contribution in [2.75, 3.05) is 46.3 Å². The van der Waals surface area contributed by atoms with E-state index in [9.17, 15) is 0 Å². The fourth-order valence-corrected chi connectivity index (χ4v) is 3.15. The highest BCUT2D eigenvalue weighted by Crippen LogP contribution is 2.38. The van der Waals surface area contributed by atoms with E-state index in [0.717, 1.165) is 17.7 Å². The number of hydrogen-bond acceptors (Lipinski definition) is 5. The van der Waals surface area contributed by atoms with Crippen molar-refractivity contribution in [3.8, 4) is 23.0 Å². The predicted molar refractivity (Wildman–Crippen MR) is 111 cm³/mol. The SMILES string of the molecule is CN=C(NCCc1cc(Cl)c2c(c1)OCCO2)Nc1ccc(OC)c(OC)c1. The van der Waals surface area contributed by atoms with Crippen LogP contribution in [0, 0.1) is 0 Å². The van der Waals surface area contributed by atoms with Crippen molar-refractivity contribution in [3.05, 3.63) is 40.9 Å². The predicted octanol–water partition coefficient (Wildman–Crippen LogP) is 3.36. The zero-order chi connectivity index (χ0) is 19.9. The van der Waals surface area contributed by atoms with Crippen LogP contribution in [0.5, 0.6) is 23.0 Å². The smallest absolute Gasteiger partial charge is 0.195 e. The average Bonchev–Trinajstić information content (AvgIpc) is 2.73. The number of hydrogen-bond donors (Lipinski definition) is 2. The highest BCUT2D eigenvalue weighted by Gasteiger charge is 2.16. The van der Waals surface area contributed by atoms with Crippen molar-refractivity contribution in [2.24, 2.45) is 4.99 Å². The van der Waals surface area contributed by atoms with E-state index in [1.54, 1.807) is 21.3 Å². The molecule has 0 saturated heterocycles. The Balaban J connectivity index is 1.58. The lowest BCUT2D eigenvalue weighted by atomic mass is 10.1. The van der Waals surface area contributed by atoms with Crippen LogP contribution in [0.4, 0.5) is 5.69 Å². The molecule has 1 heterocycles. The molecule has 0 radical (unpaired) electrons. The third-order valence-corrected chi connectivity index (χ3v) is 4.51. The van der Waals surface area contributed by atoms with Crippen LogP contribution in [-0.2, 0) is 6.42 Å². The molecule has 0 spiro atoms. The lowest BCUT2D eigenvalue weighted by molar-refractivity contribution is 0.171. The van der Waals surface area contributed by atoms with Gasteiger partial charge in [-0.1, -0.05) is 11.6 Å². The number of fused-ring (bicyclic) bond motifs is 1. The number of guanidine groups is 1. The Hall–Kier alpha value is -2.80. The second kappa shape index (κ2) is 9.41. The van der Waals surface area contributed by atoms with Gasteiger partial charge in [-0.15, -0.1) is 0 Å². The van der Waals surface area contributed by atoms with Gasteiger partial charge in [0.2, 0.25) is 0 Å².